The molecule has 153 valence electrons. The molecule has 7 heteroatoms. The summed E-state index contributed by atoms with van der Waals surface area (Å²) in [5, 5.41) is 0. The van der Waals surface area contributed by atoms with E-state index in [0.29, 0.717) is 8.64 Å². The Bertz CT molecular complexity index is 287. The molecule has 0 amide bonds. The van der Waals surface area contributed by atoms with Crippen LogP contribution in [0.1, 0.15) is 79.1 Å². The Morgan fingerprint density at radius 1 is 0.640 bits per heavy atom. The van der Waals surface area contributed by atoms with Crippen LogP contribution in [0.4, 0.5) is 0 Å². The maximum absolute atomic E-state index is 4.93. The second-order valence-corrected chi connectivity index (χ2v) is 7.88. The smallest absolute Gasteiger partial charge is 0.411 e. The van der Waals surface area contributed by atoms with Gasteiger partial charge in [-0.15, -0.1) is 0 Å². The van der Waals surface area contributed by atoms with E-state index in [1.165, 1.54) is 51.4 Å². The summed E-state index contributed by atoms with van der Waals surface area (Å²) in [6.07, 6.45) is 10.2. The van der Waals surface area contributed by atoms with Crippen LogP contribution >= 0.6 is 24.4 Å². The SMILES string of the molecule is CCCCCCN(CC)C(=S)[S-].CCCCCCN(CC)C(=S)[S-].[Cu+2]. The largest absolute Gasteiger partial charge is 2.00 e. The Kier molecular flexibility index (Phi) is 27.8. The summed E-state index contributed by atoms with van der Waals surface area (Å²) in [6.45, 7) is 12.6. The van der Waals surface area contributed by atoms with Gasteiger partial charge in [-0.3, -0.25) is 0 Å². The van der Waals surface area contributed by atoms with Crippen molar-refractivity contribution in [3.8, 4) is 0 Å². The summed E-state index contributed by atoms with van der Waals surface area (Å²) in [5.74, 6) is 0. The zero-order valence-electron chi connectivity index (χ0n) is 16.3. The van der Waals surface area contributed by atoms with Crippen molar-refractivity contribution < 1.29 is 17.1 Å². The van der Waals surface area contributed by atoms with Crippen LogP contribution in [-0.2, 0) is 42.3 Å². The van der Waals surface area contributed by atoms with Crippen molar-refractivity contribution in [1.82, 2.24) is 9.80 Å². The first kappa shape index (κ1) is 30.5. The molecule has 1 radical (unpaired) electrons. The van der Waals surface area contributed by atoms with Crippen molar-refractivity contribution >= 4 is 58.3 Å². The van der Waals surface area contributed by atoms with E-state index in [-0.39, 0.29) is 17.1 Å². The molecule has 0 aliphatic carbocycles. The molecular formula is C18H36CuN2S4. The van der Waals surface area contributed by atoms with E-state index in [0.717, 1.165) is 26.2 Å². The molecule has 25 heavy (non-hydrogen) atoms. The molecule has 0 fully saturated rings. The summed E-state index contributed by atoms with van der Waals surface area (Å²) in [7, 11) is 0. The molecule has 0 saturated carbocycles. The van der Waals surface area contributed by atoms with E-state index in [2.05, 4.69) is 37.5 Å². The molecule has 0 aliphatic rings. The van der Waals surface area contributed by atoms with Gasteiger partial charge in [0.05, 0.1) is 0 Å². The molecule has 0 saturated heterocycles. The van der Waals surface area contributed by atoms with Gasteiger partial charge in [0.1, 0.15) is 0 Å². The summed E-state index contributed by atoms with van der Waals surface area (Å²) in [5.41, 5.74) is 0. The zero-order valence-corrected chi connectivity index (χ0v) is 20.5. The average Bonchev–Trinajstić information content (AvgIpc) is 2.55. The minimum absolute atomic E-state index is 0. The number of thiocarbonyl (C=S) groups is 2. The van der Waals surface area contributed by atoms with Gasteiger partial charge in [0.2, 0.25) is 0 Å². The van der Waals surface area contributed by atoms with Crippen LogP contribution < -0.4 is 0 Å². The molecule has 2 nitrogen and oxygen atoms in total. The maximum Gasteiger partial charge on any atom is 2.00 e. The van der Waals surface area contributed by atoms with E-state index in [4.69, 9.17) is 49.7 Å². The fraction of sp³-hybridized carbons (Fsp3) is 0.889. The Labute approximate surface area is 189 Å². The van der Waals surface area contributed by atoms with E-state index in [1.807, 2.05) is 0 Å². The van der Waals surface area contributed by atoms with Crippen molar-refractivity contribution in [2.24, 2.45) is 0 Å². The van der Waals surface area contributed by atoms with Crippen LogP contribution in [0.5, 0.6) is 0 Å². The molecular weight excluding hydrogens is 436 g/mol. The first-order valence-corrected chi connectivity index (χ1v) is 11.0. The normalized spacial score (nSPS) is 9.44. The van der Waals surface area contributed by atoms with Gasteiger partial charge in [-0.2, -0.15) is 0 Å². The fourth-order valence-electron chi connectivity index (χ4n) is 2.22. The Morgan fingerprint density at radius 2 is 0.960 bits per heavy atom. The minimum Gasteiger partial charge on any atom is -0.411 e. The minimum atomic E-state index is 0. The molecule has 0 unspecified atom stereocenters. The third kappa shape index (κ3) is 20.9. The molecule has 0 aromatic carbocycles. The van der Waals surface area contributed by atoms with Crippen LogP contribution in [0.25, 0.3) is 0 Å². The number of rotatable bonds is 12. The topological polar surface area (TPSA) is 6.48 Å². The van der Waals surface area contributed by atoms with E-state index >= 15 is 0 Å². The molecule has 0 aliphatic heterocycles. The second kappa shape index (κ2) is 22.8. The third-order valence-electron chi connectivity index (χ3n) is 3.84. The van der Waals surface area contributed by atoms with Crippen molar-refractivity contribution in [2.45, 2.75) is 79.1 Å². The molecule has 0 spiro atoms. The molecule has 0 N–H and O–H groups in total. The van der Waals surface area contributed by atoms with Gasteiger partial charge in [0.15, 0.2) is 0 Å². The quantitative estimate of drug-likeness (QED) is 0.161. The second-order valence-electron chi connectivity index (χ2n) is 5.81. The Balaban J connectivity index is -0.000000372. The third-order valence-corrected chi connectivity index (χ3v) is 4.88. The predicted molar refractivity (Wildman–Crippen MR) is 123 cm³/mol. The molecule has 0 aromatic rings. The zero-order chi connectivity index (χ0) is 18.8. The van der Waals surface area contributed by atoms with Gasteiger partial charge < -0.3 is 59.5 Å². The molecule has 0 atom stereocenters. The standard InChI is InChI=1S/2C9H19NS2.Cu/c2*1-3-5-6-7-8-10(4-2)9(11)12;/h2*3-8H2,1-2H3,(H,11,12);/q;;+2/p-2. The van der Waals surface area contributed by atoms with Crippen molar-refractivity contribution in [2.75, 3.05) is 26.2 Å². The van der Waals surface area contributed by atoms with Crippen LogP contribution in [0, 0.1) is 0 Å². The monoisotopic (exact) mass is 471 g/mol. The number of unbranched alkanes of at least 4 members (excludes halogenated alkanes) is 6. The van der Waals surface area contributed by atoms with Crippen molar-refractivity contribution in [3.05, 3.63) is 0 Å². The molecule has 0 aromatic heterocycles. The summed E-state index contributed by atoms with van der Waals surface area (Å²) in [4.78, 5) is 4.17. The number of nitrogens with zero attached hydrogens (tertiary/aromatic N) is 2. The van der Waals surface area contributed by atoms with Crippen molar-refractivity contribution in [1.29, 1.82) is 0 Å². The van der Waals surface area contributed by atoms with E-state index < -0.39 is 0 Å². The Morgan fingerprint density at radius 3 is 1.16 bits per heavy atom. The number of hydrogen-bond donors (Lipinski definition) is 0. The summed E-state index contributed by atoms with van der Waals surface area (Å²) < 4.78 is 1.24. The van der Waals surface area contributed by atoms with Crippen LogP contribution in [0.2, 0.25) is 0 Å². The molecule has 0 rings (SSSR count). The Hall–Kier alpha value is 0.739. The fourth-order valence-corrected chi connectivity index (χ4v) is 3.10. The summed E-state index contributed by atoms with van der Waals surface area (Å²) in [6, 6.07) is 0. The van der Waals surface area contributed by atoms with Crippen LogP contribution in [-0.4, -0.2) is 44.6 Å². The van der Waals surface area contributed by atoms with Crippen molar-refractivity contribution in [3.63, 3.8) is 0 Å². The predicted octanol–water partition coefficient (Wildman–Crippen LogP) is 5.44. The van der Waals surface area contributed by atoms with Gasteiger partial charge in [0.25, 0.3) is 0 Å². The van der Waals surface area contributed by atoms with E-state index in [9.17, 15) is 0 Å². The van der Waals surface area contributed by atoms with E-state index in [1.54, 1.807) is 0 Å². The average molecular weight is 472 g/mol. The van der Waals surface area contributed by atoms with Gasteiger partial charge in [-0.1, -0.05) is 61.0 Å². The summed E-state index contributed by atoms with van der Waals surface area (Å²) >= 11 is 19.7. The molecule has 0 bridgehead atoms. The van der Waals surface area contributed by atoms with Gasteiger partial charge >= 0.3 is 17.1 Å². The first-order valence-electron chi connectivity index (χ1n) is 9.36. The van der Waals surface area contributed by atoms with Crippen LogP contribution in [0.3, 0.4) is 0 Å². The number of hydrogen-bond acceptors (Lipinski definition) is 4. The first-order chi connectivity index (χ1) is 11.4. The van der Waals surface area contributed by atoms with Gasteiger partial charge in [0, 0.05) is 26.2 Å². The van der Waals surface area contributed by atoms with Crippen LogP contribution in [0.15, 0.2) is 0 Å². The maximum atomic E-state index is 4.93. The molecule has 0 heterocycles. The van der Waals surface area contributed by atoms with Gasteiger partial charge in [-0.05, 0) is 26.7 Å². The van der Waals surface area contributed by atoms with Gasteiger partial charge in [-0.25, -0.2) is 0 Å².